The zero-order valence-electron chi connectivity index (χ0n) is 7.88. The topological polar surface area (TPSA) is 46.2 Å². The molecule has 0 spiro atoms. The minimum atomic E-state index is 0.120. The predicted molar refractivity (Wildman–Crippen MR) is 52.7 cm³/mol. The van der Waals surface area contributed by atoms with Gasteiger partial charge in [-0.05, 0) is 55.0 Å². The van der Waals surface area contributed by atoms with Crippen LogP contribution in [0.4, 0.5) is 0 Å². The number of hydrogen-bond acceptors (Lipinski definition) is 2. The van der Waals surface area contributed by atoms with Crippen LogP contribution in [0.25, 0.3) is 0 Å². The van der Waals surface area contributed by atoms with E-state index in [1.54, 1.807) is 0 Å². The van der Waals surface area contributed by atoms with Gasteiger partial charge in [-0.3, -0.25) is 0 Å². The number of aryl methyl sites for hydroxylation is 1. The van der Waals surface area contributed by atoms with Crippen LogP contribution in [0.15, 0.2) is 12.1 Å². The largest absolute Gasteiger partial charge is 0.508 e. The van der Waals surface area contributed by atoms with Crippen molar-refractivity contribution >= 4 is 0 Å². The number of benzene rings is 1. The highest BCUT2D eigenvalue weighted by Gasteiger charge is 2.18. The van der Waals surface area contributed by atoms with Crippen molar-refractivity contribution in [2.24, 2.45) is 5.73 Å². The molecule has 3 N–H and O–H groups in total. The van der Waals surface area contributed by atoms with E-state index < -0.39 is 0 Å². The monoisotopic (exact) mass is 177 g/mol. The summed E-state index contributed by atoms with van der Waals surface area (Å²) in [6.07, 6.45) is 3.31. The zero-order chi connectivity index (χ0) is 9.42. The Balaban J connectivity index is 2.56. The van der Waals surface area contributed by atoms with Crippen molar-refractivity contribution in [3.8, 4) is 5.75 Å². The van der Waals surface area contributed by atoms with Crippen LogP contribution in [0.3, 0.4) is 0 Å². The number of fused-ring (bicyclic) bond motifs is 1. The zero-order valence-corrected chi connectivity index (χ0v) is 7.88. The van der Waals surface area contributed by atoms with Gasteiger partial charge in [-0.25, -0.2) is 0 Å². The lowest BCUT2D eigenvalue weighted by molar-refractivity contribution is 0.469. The van der Waals surface area contributed by atoms with Crippen molar-refractivity contribution in [3.63, 3.8) is 0 Å². The molecule has 0 bridgehead atoms. The van der Waals surface area contributed by atoms with Crippen LogP contribution in [0, 0.1) is 6.92 Å². The van der Waals surface area contributed by atoms with Crippen LogP contribution >= 0.6 is 0 Å². The Morgan fingerprint density at radius 2 is 2.23 bits per heavy atom. The van der Waals surface area contributed by atoms with Gasteiger partial charge in [0.15, 0.2) is 0 Å². The van der Waals surface area contributed by atoms with Gasteiger partial charge in [0, 0.05) is 6.04 Å². The van der Waals surface area contributed by atoms with Crippen molar-refractivity contribution in [3.05, 3.63) is 28.8 Å². The highest BCUT2D eigenvalue weighted by Crippen LogP contribution is 2.32. The molecule has 70 valence electrons. The van der Waals surface area contributed by atoms with E-state index in [1.807, 2.05) is 19.1 Å². The van der Waals surface area contributed by atoms with E-state index in [0.29, 0.717) is 5.75 Å². The Kier molecular flexibility index (Phi) is 2.00. The summed E-state index contributed by atoms with van der Waals surface area (Å²) in [5.41, 5.74) is 9.63. The van der Waals surface area contributed by atoms with Gasteiger partial charge < -0.3 is 10.8 Å². The Hall–Kier alpha value is -1.02. The summed E-state index contributed by atoms with van der Waals surface area (Å²) in [5, 5.41) is 9.43. The van der Waals surface area contributed by atoms with Crippen molar-refractivity contribution in [2.75, 3.05) is 0 Å². The second-order valence-corrected chi connectivity index (χ2v) is 3.83. The molecule has 0 amide bonds. The lowest BCUT2D eigenvalue weighted by atomic mass is 9.85. The molecule has 0 aromatic heterocycles. The average Bonchev–Trinajstić information content (AvgIpc) is 2.07. The highest BCUT2D eigenvalue weighted by molar-refractivity contribution is 5.43. The number of aromatic hydroxyl groups is 1. The van der Waals surface area contributed by atoms with Crippen molar-refractivity contribution in [2.45, 2.75) is 32.2 Å². The van der Waals surface area contributed by atoms with Crippen LogP contribution < -0.4 is 5.73 Å². The van der Waals surface area contributed by atoms with Crippen LogP contribution in [0.2, 0.25) is 0 Å². The highest BCUT2D eigenvalue weighted by atomic mass is 16.3. The van der Waals surface area contributed by atoms with Gasteiger partial charge in [-0.1, -0.05) is 0 Å². The first-order chi connectivity index (χ1) is 6.18. The second kappa shape index (κ2) is 3.04. The van der Waals surface area contributed by atoms with Gasteiger partial charge in [0.1, 0.15) is 5.75 Å². The quantitative estimate of drug-likeness (QED) is 0.637. The van der Waals surface area contributed by atoms with E-state index >= 15 is 0 Å². The molecule has 0 fully saturated rings. The molecule has 0 unspecified atom stereocenters. The van der Waals surface area contributed by atoms with Crippen LogP contribution in [-0.2, 0) is 6.42 Å². The van der Waals surface area contributed by atoms with E-state index in [0.717, 1.165) is 18.4 Å². The fourth-order valence-electron chi connectivity index (χ4n) is 2.15. The molecule has 0 radical (unpaired) electrons. The first kappa shape index (κ1) is 8.57. The third-order valence-electron chi connectivity index (χ3n) is 2.83. The molecule has 0 saturated carbocycles. The molecule has 0 aliphatic heterocycles. The number of rotatable bonds is 0. The molecule has 2 rings (SSSR count). The van der Waals surface area contributed by atoms with Crippen molar-refractivity contribution in [1.82, 2.24) is 0 Å². The smallest absolute Gasteiger partial charge is 0.116 e. The van der Waals surface area contributed by atoms with E-state index in [4.69, 9.17) is 5.73 Å². The molecule has 1 aliphatic rings. The van der Waals surface area contributed by atoms with Gasteiger partial charge in [0.05, 0.1) is 0 Å². The molecule has 2 nitrogen and oxygen atoms in total. The van der Waals surface area contributed by atoms with Crippen molar-refractivity contribution < 1.29 is 5.11 Å². The van der Waals surface area contributed by atoms with E-state index in [1.165, 1.54) is 17.5 Å². The Morgan fingerprint density at radius 1 is 1.46 bits per heavy atom. The van der Waals surface area contributed by atoms with Gasteiger partial charge in [0.2, 0.25) is 0 Å². The summed E-state index contributed by atoms with van der Waals surface area (Å²) in [6.45, 7) is 2.04. The number of phenols is 1. The Morgan fingerprint density at radius 3 is 3.00 bits per heavy atom. The van der Waals surface area contributed by atoms with Crippen molar-refractivity contribution in [1.29, 1.82) is 0 Å². The maximum absolute atomic E-state index is 9.43. The third-order valence-corrected chi connectivity index (χ3v) is 2.83. The molecule has 1 aromatic rings. The molecule has 0 heterocycles. The molecule has 0 saturated heterocycles. The maximum atomic E-state index is 9.43. The Labute approximate surface area is 78.4 Å². The molecular weight excluding hydrogens is 162 g/mol. The standard InChI is InChI=1S/C11H15NO/c1-7-5-8(13)6-10-9(7)3-2-4-11(10)12/h5-6,11,13H,2-4,12H2,1H3/t11-/m1/s1. The van der Waals surface area contributed by atoms with Gasteiger partial charge in [0.25, 0.3) is 0 Å². The first-order valence-electron chi connectivity index (χ1n) is 4.76. The first-order valence-corrected chi connectivity index (χ1v) is 4.76. The fourth-order valence-corrected chi connectivity index (χ4v) is 2.15. The van der Waals surface area contributed by atoms with E-state index in [-0.39, 0.29) is 6.04 Å². The average molecular weight is 177 g/mol. The molecule has 13 heavy (non-hydrogen) atoms. The lowest BCUT2D eigenvalue weighted by Gasteiger charge is -2.23. The minimum absolute atomic E-state index is 0.120. The maximum Gasteiger partial charge on any atom is 0.116 e. The summed E-state index contributed by atoms with van der Waals surface area (Å²) < 4.78 is 0. The van der Waals surface area contributed by atoms with E-state index in [9.17, 15) is 5.11 Å². The van der Waals surface area contributed by atoms with Crippen LogP contribution in [0.5, 0.6) is 5.75 Å². The lowest BCUT2D eigenvalue weighted by Crippen LogP contribution is -2.18. The molecule has 1 atom stereocenters. The van der Waals surface area contributed by atoms with Gasteiger partial charge in [-0.2, -0.15) is 0 Å². The van der Waals surface area contributed by atoms with Crippen LogP contribution in [0.1, 0.15) is 35.6 Å². The second-order valence-electron chi connectivity index (χ2n) is 3.83. The summed E-state index contributed by atoms with van der Waals surface area (Å²) in [7, 11) is 0. The summed E-state index contributed by atoms with van der Waals surface area (Å²) in [6, 6.07) is 3.75. The third kappa shape index (κ3) is 1.42. The minimum Gasteiger partial charge on any atom is -0.508 e. The van der Waals surface area contributed by atoms with E-state index in [2.05, 4.69) is 0 Å². The van der Waals surface area contributed by atoms with Crippen LogP contribution in [-0.4, -0.2) is 5.11 Å². The molecular formula is C11H15NO. The summed E-state index contributed by atoms with van der Waals surface area (Å²) in [4.78, 5) is 0. The SMILES string of the molecule is Cc1cc(O)cc2c1CCC[C@H]2N. The summed E-state index contributed by atoms with van der Waals surface area (Å²) >= 11 is 0. The molecule has 2 heteroatoms. The molecule has 1 aliphatic carbocycles. The molecule has 1 aromatic carbocycles. The fraction of sp³-hybridized carbons (Fsp3) is 0.455. The number of phenolic OH excluding ortho intramolecular Hbond substituents is 1. The number of nitrogens with two attached hydrogens (primary N) is 1. The van der Waals surface area contributed by atoms with Gasteiger partial charge in [-0.15, -0.1) is 0 Å². The summed E-state index contributed by atoms with van der Waals surface area (Å²) in [5.74, 6) is 0.341. The van der Waals surface area contributed by atoms with Gasteiger partial charge >= 0.3 is 0 Å². The normalized spacial score (nSPS) is 21.2. The number of hydrogen-bond donors (Lipinski definition) is 2. The predicted octanol–water partition coefficient (Wildman–Crippen LogP) is 2.04. The Bertz CT molecular complexity index is 333.